The summed E-state index contributed by atoms with van der Waals surface area (Å²) in [6.07, 6.45) is 3.92. The maximum absolute atomic E-state index is 12.4. The number of methoxy groups -OCH3 is 1. The molecule has 6 nitrogen and oxygen atoms in total. The molecule has 0 aromatic heterocycles. The first kappa shape index (κ1) is 15.1. The van der Waals surface area contributed by atoms with E-state index in [2.05, 4.69) is 0 Å². The summed E-state index contributed by atoms with van der Waals surface area (Å²) in [6, 6.07) is 0.00485. The van der Waals surface area contributed by atoms with Gasteiger partial charge in [-0.05, 0) is 32.1 Å². The number of rotatable bonds is 4. The molecule has 20 heavy (non-hydrogen) atoms. The summed E-state index contributed by atoms with van der Waals surface area (Å²) in [5, 5.41) is 9.57. The molecular formula is C14H24N2O4. The highest BCUT2D eigenvalue weighted by atomic mass is 16.5. The lowest BCUT2D eigenvalue weighted by Crippen LogP contribution is -2.53. The van der Waals surface area contributed by atoms with Crippen molar-refractivity contribution in [2.24, 2.45) is 5.41 Å². The second-order valence-corrected chi connectivity index (χ2v) is 5.83. The molecule has 1 unspecified atom stereocenters. The molecule has 1 N–H and O–H groups in total. The van der Waals surface area contributed by atoms with Gasteiger partial charge in [-0.2, -0.15) is 0 Å². The third kappa shape index (κ3) is 3.06. The third-order valence-electron chi connectivity index (χ3n) is 4.46. The Labute approximate surface area is 119 Å². The topological polar surface area (TPSA) is 70.1 Å². The van der Waals surface area contributed by atoms with E-state index in [0.717, 1.165) is 32.4 Å². The zero-order valence-electron chi connectivity index (χ0n) is 12.1. The minimum absolute atomic E-state index is 0.00485. The molecule has 2 aliphatic heterocycles. The molecule has 6 heteroatoms. The molecule has 2 heterocycles. The highest BCUT2D eigenvalue weighted by Gasteiger charge is 2.44. The van der Waals surface area contributed by atoms with Crippen molar-refractivity contribution in [3.05, 3.63) is 0 Å². The van der Waals surface area contributed by atoms with Gasteiger partial charge in [0, 0.05) is 39.9 Å². The number of piperidine rings is 1. The van der Waals surface area contributed by atoms with Crippen LogP contribution in [-0.2, 0) is 9.53 Å². The third-order valence-corrected chi connectivity index (χ3v) is 4.46. The van der Waals surface area contributed by atoms with E-state index < -0.39 is 11.4 Å². The number of carbonyl (C=O) groups is 2. The van der Waals surface area contributed by atoms with Crippen molar-refractivity contribution in [3.8, 4) is 0 Å². The lowest BCUT2D eigenvalue weighted by Gasteiger charge is -2.41. The van der Waals surface area contributed by atoms with E-state index in [0.29, 0.717) is 32.5 Å². The molecule has 114 valence electrons. The number of aliphatic carboxylic acids is 1. The van der Waals surface area contributed by atoms with Gasteiger partial charge in [-0.25, -0.2) is 4.79 Å². The average molecular weight is 284 g/mol. The number of carboxylic acid groups (broad SMARTS) is 1. The second kappa shape index (κ2) is 6.43. The molecule has 0 aliphatic carbocycles. The van der Waals surface area contributed by atoms with Crippen LogP contribution < -0.4 is 0 Å². The SMILES string of the molecule is COCCC1(C(=O)O)CCCN(C(=O)N2CCCC2)C1. The van der Waals surface area contributed by atoms with Crippen molar-refractivity contribution >= 4 is 12.0 Å². The molecule has 2 fully saturated rings. The minimum atomic E-state index is -0.844. The normalized spacial score (nSPS) is 26.9. The zero-order valence-corrected chi connectivity index (χ0v) is 12.1. The molecule has 0 aromatic carbocycles. The van der Waals surface area contributed by atoms with Crippen molar-refractivity contribution in [2.45, 2.75) is 32.1 Å². The molecule has 0 saturated carbocycles. The Bertz CT molecular complexity index is 368. The first-order valence-electron chi connectivity index (χ1n) is 7.35. The van der Waals surface area contributed by atoms with Crippen LogP contribution in [0.4, 0.5) is 4.79 Å². The van der Waals surface area contributed by atoms with Gasteiger partial charge in [0.05, 0.1) is 5.41 Å². The van der Waals surface area contributed by atoms with E-state index in [-0.39, 0.29) is 6.03 Å². The second-order valence-electron chi connectivity index (χ2n) is 5.83. The van der Waals surface area contributed by atoms with Gasteiger partial charge in [-0.3, -0.25) is 4.79 Å². The Balaban J connectivity index is 2.04. The first-order chi connectivity index (χ1) is 9.59. The Hall–Kier alpha value is -1.30. The van der Waals surface area contributed by atoms with Crippen LogP contribution in [0.15, 0.2) is 0 Å². The van der Waals surface area contributed by atoms with E-state index in [9.17, 15) is 14.7 Å². The first-order valence-corrected chi connectivity index (χ1v) is 7.35. The molecule has 2 saturated heterocycles. The van der Waals surface area contributed by atoms with Crippen LogP contribution in [0.1, 0.15) is 32.1 Å². The van der Waals surface area contributed by atoms with Crippen molar-refractivity contribution in [2.75, 3.05) is 39.9 Å². The number of amides is 2. The van der Waals surface area contributed by atoms with Crippen molar-refractivity contribution in [1.29, 1.82) is 0 Å². The predicted molar refractivity (Wildman–Crippen MR) is 73.6 cm³/mol. The van der Waals surface area contributed by atoms with Crippen LogP contribution in [0.3, 0.4) is 0 Å². The zero-order chi connectivity index (χ0) is 14.6. The summed E-state index contributed by atoms with van der Waals surface area (Å²) in [5.41, 5.74) is -0.844. The molecule has 0 radical (unpaired) electrons. The summed E-state index contributed by atoms with van der Waals surface area (Å²) in [6.45, 7) is 2.98. The number of hydrogen-bond acceptors (Lipinski definition) is 3. The molecule has 2 aliphatic rings. The van der Waals surface area contributed by atoms with Gasteiger partial charge in [0.1, 0.15) is 0 Å². The molecular weight excluding hydrogens is 260 g/mol. The van der Waals surface area contributed by atoms with Crippen molar-refractivity contribution < 1.29 is 19.4 Å². The quantitative estimate of drug-likeness (QED) is 0.847. The molecule has 2 amide bonds. The highest BCUT2D eigenvalue weighted by molar-refractivity contribution is 5.79. The summed E-state index contributed by atoms with van der Waals surface area (Å²) in [5.74, 6) is -0.812. The molecule has 0 bridgehead atoms. The smallest absolute Gasteiger partial charge is 0.320 e. The van der Waals surface area contributed by atoms with Crippen LogP contribution in [-0.4, -0.2) is 66.8 Å². The number of hydrogen-bond donors (Lipinski definition) is 1. The fraction of sp³-hybridized carbons (Fsp3) is 0.857. The number of urea groups is 1. The maximum atomic E-state index is 12.4. The van der Waals surface area contributed by atoms with Gasteiger partial charge in [-0.15, -0.1) is 0 Å². The predicted octanol–water partition coefficient (Wildman–Crippen LogP) is 1.41. The number of carboxylic acids is 1. The van der Waals surface area contributed by atoms with Crippen molar-refractivity contribution in [3.63, 3.8) is 0 Å². The molecule has 2 rings (SSSR count). The van der Waals surface area contributed by atoms with Gasteiger partial charge in [-0.1, -0.05) is 0 Å². The van der Waals surface area contributed by atoms with E-state index in [1.807, 2.05) is 4.90 Å². The van der Waals surface area contributed by atoms with E-state index in [1.165, 1.54) is 0 Å². The van der Waals surface area contributed by atoms with Gasteiger partial charge < -0.3 is 19.6 Å². The Morgan fingerprint density at radius 1 is 1.15 bits per heavy atom. The van der Waals surface area contributed by atoms with Crippen LogP contribution >= 0.6 is 0 Å². The fourth-order valence-electron chi connectivity index (χ4n) is 3.19. The van der Waals surface area contributed by atoms with Crippen LogP contribution in [0.2, 0.25) is 0 Å². The standard InChI is InChI=1S/C14H24N2O4/c1-20-10-6-14(12(17)18)5-4-9-16(11-14)13(19)15-7-2-3-8-15/h2-11H2,1H3,(H,17,18). The molecule has 1 atom stereocenters. The Morgan fingerprint density at radius 2 is 1.80 bits per heavy atom. The largest absolute Gasteiger partial charge is 0.481 e. The van der Waals surface area contributed by atoms with Gasteiger partial charge in [0.25, 0.3) is 0 Å². The van der Waals surface area contributed by atoms with Gasteiger partial charge >= 0.3 is 12.0 Å². The lowest BCUT2D eigenvalue weighted by molar-refractivity contribution is -0.153. The fourth-order valence-corrected chi connectivity index (χ4v) is 3.19. The van der Waals surface area contributed by atoms with E-state index in [1.54, 1.807) is 12.0 Å². The number of ether oxygens (including phenoxy) is 1. The maximum Gasteiger partial charge on any atom is 0.320 e. The van der Waals surface area contributed by atoms with Crippen LogP contribution in [0.5, 0.6) is 0 Å². The van der Waals surface area contributed by atoms with Crippen molar-refractivity contribution in [1.82, 2.24) is 9.80 Å². The van der Waals surface area contributed by atoms with Gasteiger partial charge in [0.15, 0.2) is 0 Å². The lowest BCUT2D eigenvalue weighted by atomic mass is 9.77. The summed E-state index contributed by atoms with van der Waals surface area (Å²) >= 11 is 0. The molecule has 0 spiro atoms. The van der Waals surface area contributed by atoms with E-state index >= 15 is 0 Å². The summed E-state index contributed by atoms with van der Waals surface area (Å²) in [7, 11) is 1.57. The van der Waals surface area contributed by atoms with Gasteiger partial charge in [0.2, 0.25) is 0 Å². The van der Waals surface area contributed by atoms with E-state index in [4.69, 9.17) is 4.74 Å². The highest BCUT2D eigenvalue weighted by Crippen LogP contribution is 2.34. The Kier molecular flexibility index (Phi) is 4.86. The minimum Gasteiger partial charge on any atom is -0.481 e. The summed E-state index contributed by atoms with van der Waals surface area (Å²) in [4.78, 5) is 27.6. The van der Waals surface area contributed by atoms with Crippen LogP contribution in [0.25, 0.3) is 0 Å². The number of nitrogens with zero attached hydrogens (tertiary/aromatic N) is 2. The molecule has 0 aromatic rings. The average Bonchev–Trinajstić information content (AvgIpc) is 2.98. The number of carbonyl (C=O) groups excluding carboxylic acids is 1. The Morgan fingerprint density at radius 3 is 2.40 bits per heavy atom. The number of likely N-dealkylation sites (tertiary alicyclic amines) is 2. The monoisotopic (exact) mass is 284 g/mol. The summed E-state index contributed by atoms with van der Waals surface area (Å²) < 4.78 is 5.04. The van der Waals surface area contributed by atoms with Crippen LogP contribution in [0, 0.1) is 5.41 Å².